The number of para-hydroxylation sites is 1. The number of hydrogen-bond acceptors (Lipinski definition) is 4. The molecule has 1 amide bonds. The lowest BCUT2D eigenvalue weighted by Crippen LogP contribution is -2.28. The summed E-state index contributed by atoms with van der Waals surface area (Å²) < 4.78 is 13.7. The van der Waals surface area contributed by atoms with E-state index in [2.05, 4.69) is 68.9 Å². The van der Waals surface area contributed by atoms with Crippen molar-refractivity contribution in [3.05, 3.63) is 88.4 Å². The predicted octanol–water partition coefficient (Wildman–Crippen LogP) is 9.55. The second-order valence-electron chi connectivity index (χ2n) is 12.0. The number of nitrogens with one attached hydrogen (secondary N) is 1. The fraction of sp³-hybridized carbons (Fsp3) is 0.389. The van der Waals surface area contributed by atoms with Crippen LogP contribution in [-0.4, -0.2) is 28.6 Å². The van der Waals surface area contributed by atoms with Gasteiger partial charge in [-0.05, 0) is 95.7 Å². The third-order valence-electron chi connectivity index (χ3n) is 7.78. The molecular formula is C36H43BrN2O3. The van der Waals surface area contributed by atoms with E-state index in [1.54, 1.807) is 0 Å². The molecule has 0 aliphatic heterocycles. The van der Waals surface area contributed by atoms with Crippen LogP contribution in [0.25, 0.3) is 22.2 Å². The summed E-state index contributed by atoms with van der Waals surface area (Å²) in [6.07, 6.45) is 4.45. The third kappa shape index (κ3) is 8.34. The highest BCUT2D eigenvalue weighted by atomic mass is 79.9. The van der Waals surface area contributed by atoms with Gasteiger partial charge in [0.2, 0.25) is 0 Å². The largest absolute Gasteiger partial charge is 0.488 e. The van der Waals surface area contributed by atoms with Crippen LogP contribution in [0.3, 0.4) is 0 Å². The second kappa shape index (κ2) is 13.7. The van der Waals surface area contributed by atoms with Gasteiger partial charge in [0.05, 0.1) is 16.8 Å². The van der Waals surface area contributed by atoms with Crippen LogP contribution in [0, 0.1) is 0 Å². The van der Waals surface area contributed by atoms with Gasteiger partial charge in [0.15, 0.2) is 0 Å². The molecule has 1 aromatic heterocycles. The minimum Gasteiger partial charge on any atom is -0.488 e. The average molecular weight is 632 g/mol. The lowest BCUT2D eigenvalue weighted by molar-refractivity contribution is 0.0942. The van der Waals surface area contributed by atoms with Gasteiger partial charge in [-0.15, -0.1) is 0 Å². The van der Waals surface area contributed by atoms with Crippen LogP contribution in [0.4, 0.5) is 0 Å². The first-order valence-electron chi connectivity index (χ1n) is 14.9. The Bertz CT molecular complexity index is 1510. The number of benzene rings is 3. The van der Waals surface area contributed by atoms with E-state index in [9.17, 15) is 4.79 Å². The maximum Gasteiger partial charge on any atom is 0.252 e. The molecule has 42 heavy (non-hydrogen) atoms. The number of ether oxygens (including phenoxy) is 2. The Morgan fingerprint density at radius 1 is 0.857 bits per heavy atom. The summed E-state index contributed by atoms with van der Waals surface area (Å²) in [5.41, 5.74) is 3.84. The van der Waals surface area contributed by atoms with Crippen LogP contribution in [0.5, 0.6) is 11.5 Å². The van der Waals surface area contributed by atoms with Crippen molar-refractivity contribution in [1.82, 2.24) is 10.3 Å². The van der Waals surface area contributed by atoms with Gasteiger partial charge in [-0.1, -0.05) is 66.2 Å². The zero-order valence-electron chi connectivity index (χ0n) is 25.7. The second-order valence-corrected chi connectivity index (χ2v) is 12.9. The zero-order chi connectivity index (χ0) is 30.3. The van der Waals surface area contributed by atoms with Crippen molar-refractivity contribution in [1.29, 1.82) is 0 Å². The number of nitrogens with zero attached hydrogens (tertiary/aromatic N) is 1. The summed E-state index contributed by atoms with van der Waals surface area (Å²) in [7, 11) is 0. The van der Waals surface area contributed by atoms with Crippen LogP contribution in [0.15, 0.2) is 77.3 Å². The van der Waals surface area contributed by atoms with E-state index in [1.807, 2.05) is 66.7 Å². The van der Waals surface area contributed by atoms with Crippen molar-refractivity contribution in [3.63, 3.8) is 0 Å². The first-order chi connectivity index (χ1) is 20.0. The highest BCUT2D eigenvalue weighted by Gasteiger charge is 2.22. The van der Waals surface area contributed by atoms with E-state index < -0.39 is 0 Å². The summed E-state index contributed by atoms with van der Waals surface area (Å²) in [5.74, 6) is 1.62. The Balaban J connectivity index is 1.42. The number of unbranched alkanes of at least 4 members (excludes halogenated alkanes) is 1. The van der Waals surface area contributed by atoms with Crippen molar-refractivity contribution in [2.45, 2.75) is 84.8 Å². The van der Waals surface area contributed by atoms with Gasteiger partial charge in [0.25, 0.3) is 5.91 Å². The van der Waals surface area contributed by atoms with Gasteiger partial charge in [-0.2, -0.15) is 0 Å². The molecule has 0 saturated carbocycles. The molecule has 0 radical (unpaired) electrons. The maximum atomic E-state index is 13.4. The molecule has 0 aliphatic rings. The topological polar surface area (TPSA) is 60.5 Å². The molecule has 6 heteroatoms. The summed E-state index contributed by atoms with van der Waals surface area (Å²) in [5, 5.41) is 3.99. The number of halogens is 1. The number of amides is 1. The zero-order valence-corrected chi connectivity index (χ0v) is 27.3. The molecule has 1 heterocycles. The molecule has 1 N–H and O–H groups in total. The van der Waals surface area contributed by atoms with Crippen molar-refractivity contribution < 1.29 is 14.3 Å². The van der Waals surface area contributed by atoms with Crippen LogP contribution in [-0.2, 0) is 6.42 Å². The fourth-order valence-electron chi connectivity index (χ4n) is 4.53. The van der Waals surface area contributed by atoms with Gasteiger partial charge < -0.3 is 14.8 Å². The molecular weight excluding hydrogens is 588 g/mol. The maximum absolute atomic E-state index is 13.4. The fourth-order valence-corrected chi connectivity index (χ4v) is 4.79. The summed E-state index contributed by atoms with van der Waals surface area (Å²) in [6.45, 7) is 13.3. The Kier molecular flexibility index (Phi) is 10.3. The molecule has 0 spiro atoms. The molecule has 4 aromatic rings. The molecule has 222 valence electrons. The summed E-state index contributed by atoms with van der Waals surface area (Å²) in [6, 6.07) is 23.9. The number of fused-ring (bicyclic) bond motifs is 1. The van der Waals surface area contributed by atoms with Crippen LogP contribution in [0.2, 0.25) is 0 Å². The Morgan fingerprint density at radius 3 is 2.26 bits per heavy atom. The molecule has 0 atom stereocenters. The highest BCUT2D eigenvalue weighted by Crippen LogP contribution is 2.32. The van der Waals surface area contributed by atoms with Gasteiger partial charge in [0, 0.05) is 28.0 Å². The molecule has 0 fully saturated rings. The van der Waals surface area contributed by atoms with Crippen molar-refractivity contribution in [2.24, 2.45) is 0 Å². The lowest BCUT2D eigenvalue weighted by Gasteiger charge is -2.29. The molecule has 0 saturated heterocycles. The van der Waals surface area contributed by atoms with E-state index in [1.165, 1.54) is 0 Å². The van der Waals surface area contributed by atoms with Crippen LogP contribution < -0.4 is 14.8 Å². The van der Waals surface area contributed by atoms with Crippen molar-refractivity contribution in [2.75, 3.05) is 6.54 Å². The Labute approximate surface area is 259 Å². The van der Waals surface area contributed by atoms with Crippen molar-refractivity contribution in [3.8, 4) is 22.8 Å². The molecule has 0 aliphatic carbocycles. The van der Waals surface area contributed by atoms with E-state index in [-0.39, 0.29) is 17.1 Å². The smallest absolute Gasteiger partial charge is 0.252 e. The lowest BCUT2D eigenvalue weighted by atomic mass is 10.0. The SMILES string of the molecule is CCC(C)(C)Oc1ccc(CCCCNC(=O)c2cc(-c3ccc(Br)cc3)nc3ccccc23)c(OC(C)(C)CC)c1. The number of aromatic nitrogens is 1. The van der Waals surface area contributed by atoms with Crippen LogP contribution in [0.1, 0.15) is 83.1 Å². The molecule has 0 bridgehead atoms. The quantitative estimate of drug-likeness (QED) is 0.149. The Morgan fingerprint density at radius 2 is 1.55 bits per heavy atom. The molecule has 4 rings (SSSR count). The summed E-state index contributed by atoms with van der Waals surface area (Å²) >= 11 is 3.49. The number of carbonyl (C=O) groups is 1. The predicted molar refractivity (Wildman–Crippen MR) is 177 cm³/mol. The Hall–Kier alpha value is -3.38. The van der Waals surface area contributed by atoms with Gasteiger partial charge >= 0.3 is 0 Å². The number of pyridine rings is 1. The van der Waals surface area contributed by atoms with Crippen molar-refractivity contribution >= 4 is 32.7 Å². The first-order valence-corrected chi connectivity index (χ1v) is 15.7. The normalized spacial score (nSPS) is 11.9. The van der Waals surface area contributed by atoms with Crippen LogP contribution >= 0.6 is 15.9 Å². The third-order valence-corrected chi connectivity index (χ3v) is 8.31. The van der Waals surface area contributed by atoms with Gasteiger partial charge in [-0.25, -0.2) is 4.98 Å². The highest BCUT2D eigenvalue weighted by molar-refractivity contribution is 9.10. The van der Waals surface area contributed by atoms with E-state index in [4.69, 9.17) is 14.5 Å². The first kappa shape index (κ1) is 31.6. The number of carbonyl (C=O) groups excluding carboxylic acids is 1. The monoisotopic (exact) mass is 630 g/mol. The van der Waals surface area contributed by atoms with Gasteiger partial charge in [-0.3, -0.25) is 4.79 Å². The number of rotatable bonds is 13. The van der Waals surface area contributed by atoms with Gasteiger partial charge in [0.1, 0.15) is 22.7 Å². The molecule has 5 nitrogen and oxygen atoms in total. The number of aryl methyl sites for hydroxylation is 1. The minimum absolute atomic E-state index is 0.0827. The molecule has 3 aromatic carbocycles. The minimum atomic E-state index is -0.274. The average Bonchev–Trinajstić information content (AvgIpc) is 2.97. The standard InChI is InChI=1S/C36H43BrN2O3/c1-7-35(3,4)41-28-21-18-26(33(23-28)42-36(5,6)8-2)13-11-12-22-38-34(40)30-24-32(25-16-19-27(37)20-17-25)39-31-15-10-9-14-29(30)31/h9-10,14-21,23-24H,7-8,11-13,22H2,1-6H3,(H,38,40). The summed E-state index contributed by atoms with van der Waals surface area (Å²) in [4.78, 5) is 18.2. The van der Waals surface area contributed by atoms with E-state index >= 15 is 0 Å². The number of hydrogen-bond donors (Lipinski definition) is 1. The molecule has 0 unspecified atom stereocenters. The van der Waals surface area contributed by atoms with E-state index in [0.717, 1.165) is 75.8 Å². The van der Waals surface area contributed by atoms with E-state index in [0.29, 0.717) is 12.1 Å².